The van der Waals surface area contributed by atoms with Crippen LogP contribution in [0.25, 0.3) is 0 Å². The van der Waals surface area contributed by atoms with Crippen molar-refractivity contribution in [3.05, 3.63) is 18.3 Å². The second kappa shape index (κ2) is 8.96. The van der Waals surface area contributed by atoms with E-state index < -0.39 is 10.0 Å². The first-order chi connectivity index (χ1) is 9.95. The maximum atomic E-state index is 12.2. The molecule has 0 aliphatic carbocycles. The first-order valence-corrected chi connectivity index (χ1v) is 8.78. The Hall–Kier alpha value is -1.18. The lowest BCUT2D eigenvalue weighted by atomic mass is 10.3. The van der Waals surface area contributed by atoms with Crippen molar-refractivity contribution in [3.8, 4) is 0 Å². The Morgan fingerprint density at radius 3 is 2.67 bits per heavy atom. The maximum absolute atomic E-state index is 12.2. The number of rotatable bonds is 10. The molecule has 0 unspecified atom stereocenters. The van der Waals surface area contributed by atoms with Crippen LogP contribution in [0.1, 0.15) is 26.2 Å². The molecule has 0 aromatic carbocycles. The molecule has 0 radical (unpaired) electrons. The van der Waals surface area contributed by atoms with Gasteiger partial charge in [0.1, 0.15) is 5.82 Å². The molecule has 1 heterocycles. The van der Waals surface area contributed by atoms with Crippen LogP contribution in [0.15, 0.2) is 23.2 Å². The van der Waals surface area contributed by atoms with Gasteiger partial charge in [0.15, 0.2) is 0 Å². The molecule has 0 amide bonds. The molecule has 1 rings (SSSR count). The van der Waals surface area contributed by atoms with E-state index in [2.05, 4.69) is 19.9 Å². The minimum Gasteiger partial charge on any atom is -0.370 e. The van der Waals surface area contributed by atoms with Gasteiger partial charge in [-0.2, -0.15) is 0 Å². The van der Waals surface area contributed by atoms with E-state index in [1.165, 1.54) is 12.3 Å². The van der Waals surface area contributed by atoms with Gasteiger partial charge in [0, 0.05) is 25.4 Å². The Labute approximate surface area is 128 Å². The molecule has 21 heavy (non-hydrogen) atoms. The van der Waals surface area contributed by atoms with E-state index in [0.29, 0.717) is 12.4 Å². The van der Waals surface area contributed by atoms with Crippen molar-refractivity contribution in [2.75, 3.05) is 39.0 Å². The van der Waals surface area contributed by atoms with E-state index in [4.69, 9.17) is 0 Å². The number of nitrogens with zero attached hydrogens (tertiary/aromatic N) is 2. The van der Waals surface area contributed by atoms with Crippen molar-refractivity contribution in [1.29, 1.82) is 0 Å². The van der Waals surface area contributed by atoms with Gasteiger partial charge in [0.05, 0.1) is 4.90 Å². The van der Waals surface area contributed by atoms with Crippen molar-refractivity contribution in [1.82, 2.24) is 14.6 Å². The standard InChI is InChI=1S/C14H26N4O2S/c1-4-8-15-14-12-13(7-10-16-14)21(19,20)17-9-5-6-11-18(2)3/h7,10,12,17H,4-6,8-9,11H2,1-3H3,(H,15,16). The third-order valence-corrected chi connectivity index (χ3v) is 4.38. The highest BCUT2D eigenvalue weighted by atomic mass is 32.2. The highest BCUT2D eigenvalue weighted by Crippen LogP contribution is 2.12. The van der Waals surface area contributed by atoms with E-state index in [9.17, 15) is 8.42 Å². The highest BCUT2D eigenvalue weighted by Gasteiger charge is 2.14. The third kappa shape index (κ3) is 6.88. The molecule has 1 aromatic heterocycles. The average Bonchev–Trinajstić information content (AvgIpc) is 2.44. The predicted molar refractivity (Wildman–Crippen MR) is 86.0 cm³/mol. The Morgan fingerprint density at radius 2 is 2.00 bits per heavy atom. The molecule has 120 valence electrons. The molecule has 0 saturated heterocycles. The summed E-state index contributed by atoms with van der Waals surface area (Å²) in [5.74, 6) is 0.590. The minimum atomic E-state index is -3.45. The summed E-state index contributed by atoms with van der Waals surface area (Å²) in [5, 5.41) is 3.09. The minimum absolute atomic E-state index is 0.253. The molecule has 7 heteroatoms. The van der Waals surface area contributed by atoms with Crippen molar-refractivity contribution >= 4 is 15.8 Å². The van der Waals surface area contributed by atoms with Crippen molar-refractivity contribution in [2.24, 2.45) is 0 Å². The normalized spacial score (nSPS) is 11.8. The van der Waals surface area contributed by atoms with Gasteiger partial charge < -0.3 is 10.2 Å². The van der Waals surface area contributed by atoms with Gasteiger partial charge >= 0.3 is 0 Å². The number of hydrogen-bond donors (Lipinski definition) is 2. The van der Waals surface area contributed by atoms with Gasteiger partial charge in [-0.3, -0.25) is 0 Å². The third-order valence-electron chi connectivity index (χ3n) is 2.92. The topological polar surface area (TPSA) is 74.3 Å². The summed E-state index contributed by atoms with van der Waals surface area (Å²) >= 11 is 0. The number of pyridine rings is 1. The molecule has 1 aromatic rings. The van der Waals surface area contributed by atoms with E-state index >= 15 is 0 Å². The number of nitrogens with one attached hydrogen (secondary N) is 2. The second-order valence-corrected chi connectivity index (χ2v) is 6.98. The van der Waals surface area contributed by atoms with Gasteiger partial charge in [-0.25, -0.2) is 18.1 Å². The fraction of sp³-hybridized carbons (Fsp3) is 0.643. The maximum Gasteiger partial charge on any atom is 0.240 e. The van der Waals surface area contributed by atoms with E-state index in [-0.39, 0.29) is 4.90 Å². The Kier molecular flexibility index (Phi) is 7.63. The lowest BCUT2D eigenvalue weighted by molar-refractivity contribution is 0.394. The van der Waals surface area contributed by atoms with Crippen LogP contribution in [0.4, 0.5) is 5.82 Å². The van der Waals surface area contributed by atoms with Crippen LogP contribution in [-0.4, -0.2) is 52.0 Å². The van der Waals surface area contributed by atoms with Gasteiger partial charge in [-0.05, 0) is 46.0 Å². The summed E-state index contributed by atoms with van der Waals surface area (Å²) in [6, 6.07) is 3.08. The lowest BCUT2D eigenvalue weighted by Gasteiger charge is -2.10. The van der Waals surface area contributed by atoms with Gasteiger partial charge in [0.25, 0.3) is 0 Å². The summed E-state index contributed by atoms with van der Waals surface area (Å²) in [6.07, 6.45) is 4.26. The van der Waals surface area contributed by atoms with Gasteiger partial charge in [-0.1, -0.05) is 6.92 Å². The van der Waals surface area contributed by atoms with Crippen molar-refractivity contribution in [3.63, 3.8) is 0 Å². The Bertz CT molecular complexity index is 517. The molecule has 0 saturated carbocycles. The number of unbranched alkanes of at least 4 members (excludes halogenated alkanes) is 1. The smallest absolute Gasteiger partial charge is 0.240 e. The van der Waals surface area contributed by atoms with Crippen molar-refractivity contribution < 1.29 is 8.42 Å². The molecule has 0 fully saturated rings. The molecule has 6 nitrogen and oxygen atoms in total. The molecular weight excluding hydrogens is 288 g/mol. The van der Waals surface area contributed by atoms with Crippen LogP contribution in [0, 0.1) is 0 Å². The fourth-order valence-electron chi connectivity index (χ4n) is 1.77. The molecule has 0 spiro atoms. The zero-order valence-electron chi connectivity index (χ0n) is 13.1. The number of sulfonamides is 1. The Morgan fingerprint density at radius 1 is 1.24 bits per heavy atom. The molecule has 0 bridgehead atoms. The van der Waals surface area contributed by atoms with Crippen LogP contribution < -0.4 is 10.0 Å². The van der Waals surface area contributed by atoms with Crippen LogP contribution in [0.2, 0.25) is 0 Å². The van der Waals surface area contributed by atoms with E-state index in [1.54, 1.807) is 6.07 Å². The largest absolute Gasteiger partial charge is 0.370 e. The van der Waals surface area contributed by atoms with E-state index in [0.717, 1.165) is 32.4 Å². The molecule has 0 aliphatic rings. The second-order valence-electron chi connectivity index (χ2n) is 5.21. The number of hydrogen-bond acceptors (Lipinski definition) is 5. The van der Waals surface area contributed by atoms with Crippen LogP contribution in [0.3, 0.4) is 0 Å². The molecule has 0 aliphatic heterocycles. The monoisotopic (exact) mass is 314 g/mol. The SMILES string of the molecule is CCCNc1cc(S(=O)(=O)NCCCCN(C)C)ccn1. The summed E-state index contributed by atoms with van der Waals surface area (Å²) in [4.78, 5) is 6.45. The Balaban J connectivity index is 2.53. The average molecular weight is 314 g/mol. The number of anilines is 1. The van der Waals surface area contributed by atoms with Crippen LogP contribution in [-0.2, 0) is 10.0 Å². The van der Waals surface area contributed by atoms with Crippen LogP contribution in [0.5, 0.6) is 0 Å². The van der Waals surface area contributed by atoms with Gasteiger partial charge in [-0.15, -0.1) is 0 Å². The predicted octanol–water partition coefficient (Wildman–Crippen LogP) is 1.52. The molecule has 0 atom stereocenters. The summed E-state index contributed by atoms with van der Waals surface area (Å²) in [5.41, 5.74) is 0. The van der Waals surface area contributed by atoms with Gasteiger partial charge in [0.2, 0.25) is 10.0 Å². The first-order valence-electron chi connectivity index (χ1n) is 7.30. The summed E-state index contributed by atoms with van der Waals surface area (Å²) in [7, 11) is 0.560. The van der Waals surface area contributed by atoms with Crippen molar-refractivity contribution in [2.45, 2.75) is 31.1 Å². The quantitative estimate of drug-likeness (QED) is 0.641. The molecule has 2 N–H and O–H groups in total. The first kappa shape index (κ1) is 17.9. The van der Waals surface area contributed by atoms with Crippen LogP contribution >= 0.6 is 0 Å². The zero-order valence-corrected chi connectivity index (χ0v) is 13.9. The summed E-state index contributed by atoms with van der Waals surface area (Å²) < 4.78 is 27.0. The van der Waals surface area contributed by atoms with E-state index in [1.807, 2.05) is 21.0 Å². The summed E-state index contributed by atoms with van der Waals surface area (Å²) in [6.45, 7) is 4.23. The lowest BCUT2D eigenvalue weighted by Crippen LogP contribution is -2.25. The number of aromatic nitrogens is 1. The molecular formula is C14H26N4O2S. The fourth-order valence-corrected chi connectivity index (χ4v) is 2.86. The highest BCUT2D eigenvalue weighted by molar-refractivity contribution is 7.89. The zero-order chi connectivity index (χ0) is 15.7.